The Bertz CT molecular complexity index is 1050. The molecule has 0 N–H and O–H groups in total. The molecule has 0 saturated carbocycles. The van der Waals surface area contributed by atoms with Gasteiger partial charge >= 0.3 is 0 Å². The standard InChI is InChI=1S/C49H83NO3/c1-4-7-10-13-16-19-22-25-28-31-39-51-47-42-46(37-36-45-35-34-38-50-44-45)43-48(52-40-32-29-26-23-20-17-14-11-8-5-2)49(47)53-41-33-30-27-24-21-18-15-12-9-6-3/h34-38,42-44H,4-33,39-41H2,1-3H3/b37-36+. The van der Waals surface area contributed by atoms with Crippen LogP contribution in [0.2, 0.25) is 0 Å². The highest BCUT2D eigenvalue weighted by molar-refractivity contribution is 5.72. The minimum atomic E-state index is 0.699. The number of pyridine rings is 1. The fourth-order valence-electron chi connectivity index (χ4n) is 7.02. The van der Waals surface area contributed by atoms with Crippen molar-refractivity contribution in [2.75, 3.05) is 19.8 Å². The van der Waals surface area contributed by atoms with E-state index in [0.29, 0.717) is 19.8 Å². The minimum absolute atomic E-state index is 0.699. The number of hydrogen-bond donors (Lipinski definition) is 0. The number of aromatic nitrogens is 1. The largest absolute Gasteiger partial charge is 0.490 e. The molecule has 302 valence electrons. The van der Waals surface area contributed by atoms with Crippen molar-refractivity contribution >= 4 is 12.2 Å². The molecular formula is C49H83NO3. The van der Waals surface area contributed by atoms with Crippen LogP contribution in [-0.2, 0) is 0 Å². The zero-order valence-electron chi connectivity index (χ0n) is 35.1. The molecule has 0 amide bonds. The van der Waals surface area contributed by atoms with Crippen LogP contribution in [0.3, 0.4) is 0 Å². The molecule has 0 saturated heterocycles. The van der Waals surface area contributed by atoms with E-state index in [1.54, 1.807) is 0 Å². The Morgan fingerprint density at radius 3 is 1.11 bits per heavy atom. The molecule has 2 aromatic rings. The summed E-state index contributed by atoms with van der Waals surface area (Å²) in [7, 11) is 0. The molecule has 0 bridgehead atoms. The van der Waals surface area contributed by atoms with E-state index in [4.69, 9.17) is 14.2 Å². The summed E-state index contributed by atoms with van der Waals surface area (Å²) in [4.78, 5) is 4.29. The van der Waals surface area contributed by atoms with E-state index in [1.807, 2.05) is 18.5 Å². The Kier molecular flexibility index (Phi) is 31.0. The van der Waals surface area contributed by atoms with Crippen molar-refractivity contribution in [3.05, 3.63) is 47.8 Å². The van der Waals surface area contributed by atoms with Crippen LogP contribution in [0.5, 0.6) is 17.2 Å². The van der Waals surface area contributed by atoms with E-state index in [2.05, 4.69) is 56.1 Å². The number of hydrogen-bond acceptors (Lipinski definition) is 4. The second-order valence-corrected chi connectivity index (χ2v) is 15.6. The Balaban J connectivity index is 1.99. The summed E-state index contributed by atoms with van der Waals surface area (Å²) in [6.45, 7) is 8.98. The van der Waals surface area contributed by atoms with Crippen molar-refractivity contribution in [2.24, 2.45) is 0 Å². The van der Waals surface area contributed by atoms with Crippen LogP contribution in [0.25, 0.3) is 12.2 Å². The molecule has 4 nitrogen and oxygen atoms in total. The first-order valence-corrected chi connectivity index (χ1v) is 22.9. The molecular weight excluding hydrogens is 651 g/mol. The van der Waals surface area contributed by atoms with Crippen molar-refractivity contribution in [3.8, 4) is 17.2 Å². The maximum absolute atomic E-state index is 6.57. The summed E-state index contributed by atoms with van der Waals surface area (Å²) in [5, 5.41) is 0. The lowest BCUT2D eigenvalue weighted by molar-refractivity contribution is 0.234. The fraction of sp³-hybridized carbons (Fsp3) is 0.735. The Labute approximate surface area is 328 Å². The van der Waals surface area contributed by atoms with Crippen molar-refractivity contribution in [3.63, 3.8) is 0 Å². The SMILES string of the molecule is CCCCCCCCCCCCOc1cc(/C=C/c2cccnc2)cc(OCCCCCCCCCCCC)c1OCCCCCCCCCCCC. The molecule has 2 rings (SSSR count). The molecule has 0 unspecified atom stereocenters. The van der Waals surface area contributed by atoms with E-state index in [-0.39, 0.29) is 0 Å². The molecule has 0 aliphatic carbocycles. The maximum Gasteiger partial charge on any atom is 0.203 e. The highest BCUT2D eigenvalue weighted by Gasteiger charge is 2.16. The highest BCUT2D eigenvalue weighted by atomic mass is 16.5. The van der Waals surface area contributed by atoms with Gasteiger partial charge in [0.05, 0.1) is 19.8 Å². The van der Waals surface area contributed by atoms with Crippen LogP contribution >= 0.6 is 0 Å². The van der Waals surface area contributed by atoms with Gasteiger partial charge in [0.1, 0.15) is 0 Å². The molecule has 1 aromatic carbocycles. The summed E-state index contributed by atoms with van der Waals surface area (Å²) < 4.78 is 19.7. The molecule has 1 aromatic heterocycles. The van der Waals surface area contributed by atoms with Crippen molar-refractivity contribution in [2.45, 2.75) is 213 Å². The van der Waals surface area contributed by atoms with Crippen LogP contribution in [-0.4, -0.2) is 24.8 Å². The van der Waals surface area contributed by atoms with Crippen LogP contribution in [0.1, 0.15) is 225 Å². The first-order valence-electron chi connectivity index (χ1n) is 22.9. The van der Waals surface area contributed by atoms with Gasteiger partial charge in [-0.05, 0) is 48.6 Å². The van der Waals surface area contributed by atoms with Gasteiger partial charge in [-0.25, -0.2) is 0 Å². The monoisotopic (exact) mass is 734 g/mol. The van der Waals surface area contributed by atoms with Gasteiger partial charge in [-0.2, -0.15) is 0 Å². The Hall–Kier alpha value is -2.49. The third-order valence-electron chi connectivity index (χ3n) is 10.5. The molecule has 0 fully saturated rings. The number of rotatable bonds is 38. The van der Waals surface area contributed by atoms with Gasteiger partial charge in [0, 0.05) is 12.4 Å². The third kappa shape index (κ3) is 26.0. The summed E-state index contributed by atoms with van der Waals surface area (Å²) in [5.41, 5.74) is 2.14. The average molecular weight is 734 g/mol. The van der Waals surface area contributed by atoms with Gasteiger partial charge in [0.25, 0.3) is 0 Å². The van der Waals surface area contributed by atoms with E-state index < -0.39 is 0 Å². The lowest BCUT2D eigenvalue weighted by atomic mass is 10.1. The second kappa shape index (κ2) is 35.2. The second-order valence-electron chi connectivity index (χ2n) is 15.6. The van der Waals surface area contributed by atoms with E-state index in [0.717, 1.165) is 47.6 Å². The summed E-state index contributed by atoms with van der Waals surface area (Å²) >= 11 is 0. The normalized spacial score (nSPS) is 11.5. The van der Waals surface area contributed by atoms with Gasteiger partial charge in [0.15, 0.2) is 11.5 Å². The number of nitrogens with zero attached hydrogens (tertiary/aromatic N) is 1. The first-order chi connectivity index (χ1) is 26.3. The van der Waals surface area contributed by atoms with E-state index in [9.17, 15) is 0 Å². The molecule has 0 spiro atoms. The van der Waals surface area contributed by atoms with E-state index >= 15 is 0 Å². The first kappa shape index (κ1) is 46.7. The Morgan fingerprint density at radius 2 is 0.755 bits per heavy atom. The number of benzene rings is 1. The predicted octanol–water partition coefficient (Wildman–Crippen LogP) is 16.2. The molecule has 1 heterocycles. The van der Waals surface area contributed by atoms with Gasteiger partial charge < -0.3 is 14.2 Å². The lowest BCUT2D eigenvalue weighted by Gasteiger charge is -2.18. The van der Waals surface area contributed by atoms with Crippen LogP contribution < -0.4 is 14.2 Å². The zero-order chi connectivity index (χ0) is 37.7. The van der Waals surface area contributed by atoms with Gasteiger partial charge in [0.2, 0.25) is 5.75 Å². The summed E-state index contributed by atoms with van der Waals surface area (Å²) in [6, 6.07) is 8.35. The van der Waals surface area contributed by atoms with Crippen molar-refractivity contribution < 1.29 is 14.2 Å². The lowest BCUT2D eigenvalue weighted by Crippen LogP contribution is -2.07. The third-order valence-corrected chi connectivity index (χ3v) is 10.5. The maximum atomic E-state index is 6.57. The molecule has 0 aliphatic rings. The molecule has 4 heteroatoms. The molecule has 0 atom stereocenters. The minimum Gasteiger partial charge on any atom is -0.490 e. The molecule has 0 radical (unpaired) electrons. The molecule has 53 heavy (non-hydrogen) atoms. The zero-order valence-corrected chi connectivity index (χ0v) is 35.1. The summed E-state index contributed by atoms with van der Waals surface area (Å²) in [5.74, 6) is 2.43. The van der Waals surface area contributed by atoms with Crippen molar-refractivity contribution in [1.29, 1.82) is 0 Å². The fourth-order valence-corrected chi connectivity index (χ4v) is 7.02. The van der Waals surface area contributed by atoms with Gasteiger partial charge in [-0.1, -0.05) is 212 Å². The smallest absolute Gasteiger partial charge is 0.203 e. The number of ether oxygens (including phenoxy) is 3. The van der Waals surface area contributed by atoms with Crippen LogP contribution in [0.15, 0.2) is 36.7 Å². The summed E-state index contributed by atoms with van der Waals surface area (Å²) in [6.07, 6.45) is 47.5. The number of unbranched alkanes of at least 4 members (excludes halogenated alkanes) is 27. The van der Waals surface area contributed by atoms with Gasteiger partial charge in [-0.15, -0.1) is 0 Å². The van der Waals surface area contributed by atoms with E-state index in [1.165, 1.54) is 173 Å². The quantitative estimate of drug-likeness (QED) is 0.0644. The van der Waals surface area contributed by atoms with Gasteiger partial charge in [-0.3, -0.25) is 4.98 Å². The molecule has 0 aliphatic heterocycles. The topological polar surface area (TPSA) is 40.6 Å². The predicted molar refractivity (Wildman–Crippen MR) is 232 cm³/mol. The highest BCUT2D eigenvalue weighted by Crippen LogP contribution is 2.40. The van der Waals surface area contributed by atoms with Crippen LogP contribution in [0.4, 0.5) is 0 Å². The Morgan fingerprint density at radius 1 is 0.415 bits per heavy atom. The van der Waals surface area contributed by atoms with Crippen molar-refractivity contribution in [1.82, 2.24) is 4.98 Å². The van der Waals surface area contributed by atoms with Crippen LogP contribution in [0, 0.1) is 0 Å². The average Bonchev–Trinajstić information content (AvgIpc) is 3.18.